The van der Waals surface area contributed by atoms with Crippen LogP contribution >= 0.6 is 15.9 Å². The van der Waals surface area contributed by atoms with Gasteiger partial charge in [0, 0.05) is 24.8 Å². The minimum Gasteiger partial charge on any atom is -0.469 e. The first-order chi connectivity index (χ1) is 9.08. The van der Waals surface area contributed by atoms with Crippen LogP contribution < -0.4 is 0 Å². The highest BCUT2D eigenvalue weighted by molar-refractivity contribution is 9.10. The summed E-state index contributed by atoms with van der Waals surface area (Å²) < 4.78 is 32.4. The largest absolute Gasteiger partial charge is 0.469 e. The molecule has 0 saturated carbocycles. The smallest absolute Gasteiger partial charge is 0.143 e. The number of Topliss-reactive ketones (excluding diaryl/α,β-unsaturated/α-hetero) is 1. The second kappa shape index (κ2) is 6.10. The Labute approximate surface area is 117 Å². The Bertz CT molecular complexity index is 579. The van der Waals surface area contributed by atoms with E-state index in [2.05, 4.69) is 15.9 Å². The number of rotatable bonds is 5. The molecule has 19 heavy (non-hydrogen) atoms. The summed E-state index contributed by atoms with van der Waals surface area (Å²) in [5.41, 5.74) is -0.196. The van der Waals surface area contributed by atoms with Crippen LogP contribution in [0.2, 0.25) is 0 Å². The van der Waals surface area contributed by atoms with Gasteiger partial charge in [-0.2, -0.15) is 0 Å². The third-order valence-corrected chi connectivity index (χ3v) is 3.36. The molecule has 2 aromatic rings. The molecule has 2 nitrogen and oxygen atoms in total. The predicted octanol–water partition coefficient (Wildman–Crippen LogP) is 4.06. The molecule has 100 valence electrons. The maximum Gasteiger partial charge on any atom is 0.143 e. The second-order valence-corrected chi connectivity index (χ2v) is 4.97. The van der Waals surface area contributed by atoms with Crippen molar-refractivity contribution in [2.45, 2.75) is 19.3 Å². The van der Waals surface area contributed by atoms with Crippen LogP contribution in [0.4, 0.5) is 8.78 Å². The molecule has 1 aromatic carbocycles. The van der Waals surface area contributed by atoms with Gasteiger partial charge in [0.1, 0.15) is 23.2 Å². The number of ketones is 1. The number of carbonyl (C=O) groups excluding carboxylic acids is 1. The summed E-state index contributed by atoms with van der Waals surface area (Å²) in [4.78, 5) is 11.7. The summed E-state index contributed by atoms with van der Waals surface area (Å²) >= 11 is 2.97. The number of hydrogen-bond donors (Lipinski definition) is 0. The van der Waals surface area contributed by atoms with E-state index in [1.807, 2.05) is 0 Å². The van der Waals surface area contributed by atoms with E-state index < -0.39 is 11.6 Å². The van der Waals surface area contributed by atoms with Crippen molar-refractivity contribution < 1.29 is 18.0 Å². The molecule has 0 radical (unpaired) electrons. The third kappa shape index (κ3) is 3.50. The highest BCUT2D eigenvalue weighted by Gasteiger charge is 2.16. The van der Waals surface area contributed by atoms with Gasteiger partial charge >= 0.3 is 0 Å². The van der Waals surface area contributed by atoms with Gasteiger partial charge in [-0.3, -0.25) is 4.79 Å². The zero-order valence-corrected chi connectivity index (χ0v) is 11.5. The van der Waals surface area contributed by atoms with E-state index in [1.54, 1.807) is 12.1 Å². The summed E-state index contributed by atoms with van der Waals surface area (Å²) in [5, 5.41) is 0. The van der Waals surface area contributed by atoms with Gasteiger partial charge in [0.25, 0.3) is 0 Å². The number of benzene rings is 1. The molecule has 1 aromatic heterocycles. The lowest BCUT2D eigenvalue weighted by Crippen LogP contribution is -2.08. The van der Waals surface area contributed by atoms with Gasteiger partial charge in [-0.15, -0.1) is 0 Å². The van der Waals surface area contributed by atoms with Gasteiger partial charge in [-0.05, 0) is 40.2 Å². The highest BCUT2D eigenvalue weighted by atomic mass is 79.9. The van der Waals surface area contributed by atoms with Crippen LogP contribution in [0.5, 0.6) is 0 Å². The quantitative estimate of drug-likeness (QED) is 0.774. The standard InChI is InChI=1S/C14H11BrF2O2/c15-12-5-6-13(16)11(14(12)17)8-9(18)3-4-10-2-1-7-19-10/h1-2,5-7H,3-4,8H2. The van der Waals surface area contributed by atoms with Crippen LogP contribution in [0.25, 0.3) is 0 Å². The lowest BCUT2D eigenvalue weighted by molar-refractivity contribution is -0.118. The predicted molar refractivity (Wildman–Crippen MR) is 69.8 cm³/mol. The first kappa shape index (κ1) is 13.9. The van der Waals surface area contributed by atoms with Crippen molar-refractivity contribution >= 4 is 21.7 Å². The Kier molecular flexibility index (Phi) is 4.47. The highest BCUT2D eigenvalue weighted by Crippen LogP contribution is 2.22. The zero-order valence-electron chi connectivity index (χ0n) is 9.96. The SMILES string of the molecule is O=C(CCc1ccco1)Cc1c(F)ccc(Br)c1F. The van der Waals surface area contributed by atoms with Crippen LogP contribution in [0.3, 0.4) is 0 Å². The maximum absolute atomic E-state index is 13.7. The lowest BCUT2D eigenvalue weighted by Gasteiger charge is -2.05. The molecular weight excluding hydrogens is 318 g/mol. The molecule has 0 amide bonds. The Morgan fingerprint density at radius 1 is 1.26 bits per heavy atom. The number of hydrogen-bond acceptors (Lipinski definition) is 2. The number of halogens is 3. The van der Waals surface area contributed by atoms with E-state index in [-0.39, 0.29) is 28.7 Å². The maximum atomic E-state index is 13.7. The minimum absolute atomic E-state index is 0.155. The van der Waals surface area contributed by atoms with Gasteiger partial charge in [-0.1, -0.05) is 0 Å². The molecule has 1 heterocycles. The average Bonchev–Trinajstić information content (AvgIpc) is 2.90. The number of carbonyl (C=O) groups is 1. The summed E-state index contributed by atoms with van der Waals surface area (Å²) in [6, 6.07) is 5.91. The van der Waals surface area contributed by atoms with Crippen molar-refractivity contribution in [3.05, 3.63) is 58.0 Å². The first-order valence-electron chi connectivity index (χ1n) is 5.74. The molecule has 0 aliphatic rings. The molecule has 0 unspecified atom stereocenters. The third-order valence-electron chi connectivity index (χ3n) is 2.74. The van der Waals surface area contributed by atoms with Crippen molar-refractivity contribution in [2.24, 2.45) is 0 Å². The summed E-state index contributed by atoms with van der Waals surface area (Å²) in [7, 11) is 0. The van der Waals surface area contributed by atoms with Gasteiger partial charge in [0.2, 0.25) is 0 Å². The van der Waals surface area contributed by atoms with E-state index >= 15 is 0 Å². The topological polar surface area (TPSA) is 30.2 Å². The zero-order chi connectivity index (χ0) is 13.8. The van der Waals surface area contributed by atoms with E-state index in [0.717, 1.165) is 6.07 Å². The minimum atomic E-state index is -0.716. The van der Waals surface area contributed by atoms with Crippen LogP contribution in [-0.4, -0.2) is 5.78 Å². The molecule has 0 N–H and O–H groups in total. The van der Waals surface area contributed by atoms with E-state index in [1.165, 1.54) is 12.3 Å². The van der Waals surface area contributed by atoms with Crippen LogP contribution in [0, 0.1) is 11.6 Å². The van der Waals surface area contributed by atoms with Crippen molar-refractivity contribution in [1.82, 2.24) is 0 Å². The first-order valence-corrected chi connectivity index (χ1v) is 6.53. The number of furan rings is 1. The van der Waals surface area contributed by atoms with Crippen molar-refractivity contribution in [1.29, 1.82) is 0 Å². The van der Waals surface area contributed by atoms with Crippen molar-refractivity contribution in [3.63, 3.8) is 0 Å². The second-order valence-electron chi connectivity index (χ2n) is 4.12. The summed E-state index contributed by atoms with van der Waals surface area (Å²) in [5.74, 6) is -0.964. The van der Waals surface area contributed by atoms with Crippen LogP contribution in [0.15, 0.2) is 39.4 Å². The molecular formula is C14H11BrF2O2. The molecule has 0 aliphatic heterocycles. The normalized spacial score (nSPS) is 10.7. The van der Waals surface area contributed by atoms with Crippen LogP contribution in [-0.2, 0) is 17.6 Å². The fourth-order valence-electron chi connectivity index (χ4n) is 1.73. The average molecular weight is 329 g/mol. The Morgan fingerprint density at radius 3 is 2.74 bits per heavy atom. The van der Waals surface area contributed by atoms with Crippen molar-refractivity contribution in [2.75, 3.05) is 0 Å². The molecule has 5 heteroatoms. The van der Waals surface area contributed by atoms with E-state index in [9.17, 15) is 13.6 Å². The van der Waals surface area contributed by atoms with E-state index in [0.29, 0.717) is 12.2 Å². The van der Waals surface area contributed by atoms with E-state index in [4.69, 9.17) is 4.42 Å². The summed E-state index contributed by atoms with van der Waals surface area (Å²) in [6.45, 7) is 0. The fourth-order valence-corrected chi connectivity index (χ4v) is 2.11. The Balaban J connectivity index is 2.01. The molecule has 2 rings (SSSR count). The molecule has 0 bridgehead atoms. The Hall–Kier alpha value is -1.49. The molecule has 0 fully saturated rings. The van der Waals surface area contributed by atoms with Gasteiger partial charge in [0.15, 0.2) is 0 Å². The summed E-state index contributed by atoms with van der Waals surface area (Å²) in [6.07, 6.45) is 1.90. The van der Waals surface area contributed by atoms with Gasteiger partial charge in [0.05, 0.1) is 10.7 Å². The monoisotopic (exact) mass is 328 g/mol. The van der Waals surface area contributed by atoms with Crippen LogP contribution in [0.1, 0.15) is 17.7 Å². The van der Waals surface area contributed by atoms with Crippen molar-refractivity contribution in [3.8, 4) is 0 Å². The molecule has 0 spiro atoms. The lowest BCUT2D eigenvalue weighted by atomic mass is 10.0. The number of aryl methyl sites for hydroxylation is 1. The van der Waals surface area contributed by atoms with Gasteiger partial charge < -0.3 is 4.42 Å². The Morgan fingerprint density at radius 2 is 2.05 bits per heavy atom. The molecule has 0 atom stereocenters. The fraction of sp³-hybridized carbons (Fsp3) is 0.214. The molecule has 0 aliphatic carbocycles. The molecule has 0 saturated heterocycles. The van der Waals surface area contributed by atoms with Gasteiger partial charge in [-0.25, -0.2) is 8.78 Å².